The summed E-state index contributed by atoms with van der Waals surface area (Å²) in [6.07, 6.45) is 0.651. The van der Waals surface area contributed by atoms with Gasteiger partial charge in [0.2, 0.25) is 0 Å². The van der Waals surface area contributed by atoms with Crippen LogP contribution in [0.5, 0.6) is 0 Å². The number of nitrogens with two attached hydrogens (primary N) is 1. The normalized spacial score (nSPS) is 12.4. The molecule has 0 spiro atoms. The fourth-order valence-electron chi connectivity index (χ4n) is 2.00. The van der Waals surface area contributed by atoms with Gasteiger partial charge in [-0.1, -0.05) is 59.1 Å². The summed E-state index contributed by atoms with van der Waals surface area (Å²) in [7, 11) is 0. The average Bonchev–Trinajstić information content (AvgIpc) is 2.40. The minimum absolute atomic E-state index is 0.0157. The van der Waals surface area contributed by atoms with Crippen molar-refractivity contribution in [2.75, 3.05) is 0 Å². The maximum absolute atomic E-state index is 6.19. The Kier molecular flexibility index (Phi) is 4.83. The predicted octanol–water partition coefficient (Wildman–Crippen LogP) is 4.05. The predicted molar refractivity (Wildman–Crippen MR) is 81.4 cm³/mol. The lowest BCUT2D eigenvalue weighted by molar-refractivity contribution is 0.552. The maximum Gasteiger partial charge on any atom is 0.0501 e. The van der Waals surface area contributed by atoms with Crippen molar-refractivity contribution in [1.82, 2.24) is 5.43 Å². The molecule has 0 amide bonds. The number of halogens is 2. The molecule has 0 fully saturated rings. The Bertz CT molecular complexity index is 532. The second kappa shape index (κ2) is 6.40. The first-order valence-electron chi connectivity index (χ1n) is 6.07. The summed E-state index contributed by atoms with van der Waals surface area (Å²) >= 11 is 12.4. The van der Waals surface area contributed by atoms with Gasteiger partial charge in [0.25, 0.3) is 0 Å². The highest BCUT2D eigenvalue weighted by atomic mass is 35.5. The Morgan fingerprint density at radius 2 is 1.63 bits per heavy atom. The summed E-state index contributed by atoms with van der Waals surface area (Å²) in [6, 6.07) is 13.7. The summed E-state index contributed by atoms with van der Waals surface area (Å²) in [5, 5.41) is 1.33. The van der Waals surface area contributed by atoms with E-state index in [4.69, 9.17) is 29.0 Å². The van der Waals surface area contributed by atoms with Crippen LogP contribution in [0.15, 0.2) is 42.5 Å². The molecule has 19 heavy (non-hydrogen) atoms. The van der Waals surface area contributed by atoms with Crippen molar-refractivity contribution in [3.05, 3.63) is 69.2 Å². The highest BCUT2D eigenvalue weighted by Crippen LogP contribution is 2.29. The highest BCUT2D eigenvalue weighted by molar-refractivity contribution is 6.36. The van der Waals surface area contributed by atoms with Crippen LogP contribution in [0.25, 0.3) is 0 Å². The molecule has 1 unspecified atom stereocenters. The minimum atomic E-state index is -0.0157. The fraction of sp³-hybridized carbons (Fsp3) is 0.200. The van der Waals surface area contributed by atoms with Gasteiger partial charge in [-0.3, -0.25) is 11.3 Å². The molecule has 0 saturated heterocycles. The third-order valence-electron chi connectivity index (χ3n) is 3.15. The highest BCUT2D eigenvalue weighted by Gasteiger charge is 2.14. The Hall–Kier alpha value is -1.06. The van der Waals surface area contributed by atoms with E-state index in [1.807, 2.05) is 18.2 Å². The van der Waals surface area contributed by atoms with Gasteiger partial charge >= 0.3 is 0 Å². The number of rotatable bonds is 4. The quantitative estimate of drug-likeness (QED) is 0.659. The van der Waals surface area contributed by atoms with E-state index in [-0.39, 0.29) is 6.04 Å². The molecule has 0 bridgehead atoms. The van der Waals surface area contributed by atoms with Gasteiger partial charge in [-0.15, -0.1) is 0 Å². The molecule has 4 heteroatoms. The molecule has 2 aromatic rings. The van der Waals surface area contributed by atoms with Crippen LogP contribution in [0.1, 0.15) is 22.7 Å². The lowest BCUT2D eigenvalue weighted by Gasteiger charge is -2.18. The van der Waals surface area contributed by atoms with Gasteiger partial charge in [0.15, 0.2) is 0 Å². The zero-order valence-corrected chi connectivity index (χ0v) is 12.2. The van der Waals surface area contributed by atoms with E-state index in [1.165, 1.54) is 5.56 Å². The first-order chi connectivity index (χ1) is 9.11. The van der Waals surface area contributed by atoms with Gasteiger partial charge in [-0.2, -0.15) is 0 Å². The van der Waals surface area contributed by atoms with Gasteiger partial charge < -0.3 is 0 Å². The van der Waals surface area contributed by atoms with Crippen molar-refractivity contribution < 1.29 is 0 Å². The molecule has 0 aliphatic carbocycles. The molecule has 0 heterocycles. The topological polar surface area (TPSA) is 38.0 Å². The van der Waals surface area contributed by atoms with E-state index in [0.717, 1.165) is 11.1 Å². The van der Waals surface area contributed by atoms with E-state index in [2.05, 4.69) is 36.6 Å². The molecule has 3 N–H and O–H groups in total. The van der Waals surface area contributed by atoms with Crippen LogP contribution in [0.2, 0.25) is 10.0 Å². The summed E-state index contributed by atoms with van der Waals surface area (Å²) in [6.45, 7) is 2.06. The standard InChI is InChI=1S/C15H16Cl2N2/c1-10-5-7-11(8-6-10)15(19-18)9-12-13(16)3-2-4-14(12)17/h2-8,15,19H,9,18H2,1H3. The Morgan fingerprint density at radius 3 is 2.16 bits per heavy atom. The van der Waals surface area contributed by atoms with E-state index in [0.29, 0.717) is 16.5 Å². The number of nitrogens with one attached hydrogen (secondary N) is 1. The number of aryl methyl sites for hydroxylation is 1. The van der Waals surface area contributed by atoms with Gasteiger partial charge in [0, 0.05) is 10.0 Å². The third kappa shape index (κ3) is 3.48. The Morgan fingerprint density at radius 1 is 1.05 bits per heavy atom. The zero-order valence-electron chi connectivity index (χ0n) is 10.7. The van der Waals surface area contributed by atoms with Crippen molar-refractivity contribution in [2.45, 2.75) is 19.4 Å². The summed E-state index contributed by atoms with van der Waals surface area (Å²) in [5.41, 5.74) is 6.07. The molecule has 0 aliphatic rings. The Labute approximate surface area is 123 Å². The Balaban J connectivity index is 2.26. The van der Waals surface area contributed by atoms with Crippen LogP contribution in [-0.2, 0) is 6.42 Å². The average molecular weight is 295 g/mol. The van der Waals surface area contributed by atoms with E-state index in [9.17, 15) is 0 Å². The van der Waals surface area contributed by atoms with Crippen LogP contribution < -0.4 is 11.3 Å². The minimum Gasteiger partial charge on any atom is -0.271 e. The zero-order chi connectivity index (χ0) is 13.8. The monoisotopic (exact) mass is 294 g/mol. The van der Waals surface area contributed by atoms with Gasteiger partial charge in [0.05, 0.1) is 6.04 Å². The lowest BCUT2D eigenvalue weighted by Crippen LogP contribution is -2.29. The van der Waals surface area contributed by atoms with Gasteiger partial charge in [-0.05, 0) is 36.6 Å². The molecule has 0 aliphatic heterocycles. The van der Waals surface area contributed by atoms with Crippen molar-refractivity contribution in [2.24, 2.45) is 5.84 Å². The van der Waals surface area contributed by atoms with Crippen LogP contribution in [-0.4, -0.2) is 0 Å². The van der Waals surface area contributed by atoms with E-state index >= 15 is 0 Å². The van der Waals surface area contributed by atoms with Crippen LogP contribution in [0.3, 0.4) is 0 Å². The molecule has 100 valence electrons. The SMILES string of the molecule is Cc1ccc(C(Cc2c(Cl)cccc2Cl)NN)cc1. The van der Waals surface area contributed by atoms with Crippen LogP contribution in [0, 0.1) is 6.92 Å². The molecular formula is C15H16Cl2N2. The second-order valence-corrected chi connectivity index (χ2v) is 5.35. The number of hydrogen-bond acceptors (Lipinski definition) is 2. The first-order valence-corrected chi connectivity index (χ1v) is 6.83. The van der Waals surface area contributed by atoms with Crippen molar-refractivity contribution in [3.8, 4) is 0 Å². The second-order valence-electron chi connectivity index (χ2n) is 4.53. The van der Waals surface area contributed by atoms with Gasteiger partial charge in [-0.25, -0.2) is 0 Å². The summed E-state index contributed by atoms with van der Waals surface area (Å²) in [4.78, 5) is 0. The summed E-state index contributed by atoms with van der Waals surface area (Å²) < 4.78 is 0. The molecule has 2 rings (SSSR count). The molecular weight excluding hydrogens is 279 g/mol. The van der Waals surface area contributed by atoms with Gasteiger partial charge in [0.1, 0.15) is 0 Å². The molecule has 1 atom stereocenters. The summed E-state index contributed by atoms with van der Waals surface area (Å²) in [5.74, 6) is 5.65. The molecule has 2 aromatic carbocycles. The molecule has 2 nitrogen and oxygen atoms in total. The number of benzene rings is 2. The molecule has 0 radical (unpaired) electrons. The number of hydrogen-bond donors (Lipinski definition) is 2. The van der Waals surface area contributed by atoms with Crippen molar-refractivity contribution in [3.63, 3.8) is 0 Å². The first kappa shape index (κ1) is 14.4. The molecule has 0 saturated carbocycles. The molecule has 0 aromatic heterocycles. The maximum atomic E-state index is 6.19. The third-order valence-corrected chi connectivity index (χ3v) is 3.86. The lowest BCUT2D eigenvalue weighted by atomic mass is 9.98. The fourth-order valence-corrected chi connectivity index (χ4v) is 2.55. The largest absolute Gasteiger partial charge is 0.271 e. The van der Waals surface area contributed by atoms with Crippen molar-refractivity contribution >= 4 is 23.2 Å². The smallest absolute Gasteiger partial charge is 0.0501 e. The van der Waals surface area contributed by atoms with E-state index < -0.39 is 0 Å². The van der Waals surface area contributed by atoms with Crippen LogP contribution >= 0.6 is 23.2 Å². The van der Waals surface area contributed by atoms with E-state index in [1.54, 1.807) is 0 Å². The van der Waals surface area contributed by atoms with Crippen LogP contribution in [0.4, 0.5) is 0 Å². The van der Waals surface area contributed by atoms with Crippen molar-refractivity contribution in [1.29, 1.82) is 0 Å². The number of hydrazine groups is 1.